The Bertz CT molecular complexity index is 886. The number of carbonyl (C=O) groups excluding carboxylic acids is 1. The fraction of sp³-hybridized carbons (Fsp3) is 0.176. The third-order valence-corrected chi connectivity index (χ3v) is 4.04. The van der Waals surface area contributed by atoms with Crippen molar-refractivity contribution in [2.45, 2.75) is 4.90 Å². The molecule has 0 spiro atoms. The van der Waals surface area contributed by atoms with Gasteiger partial charge in [-0.3, -0.25) is 0 Å². The molecular weight excluding hydrogens is 360 g/mol. The van der Waals surface area contributed by atoms with Crippen LogP contribution in [0.1, 0.15) is 5.56 Å². The molecule has 0 saturated carbocycles. The molecule has 2 aromatic rings. The molecule has 0 saturated heterocycles. The standard InChI is InChI=1S/C17H16N2O6S/c18-11-13-1-3-15(4-2-13)25-12-17(20)24-10-9-23-14-5-7-16(8-6-14)26(19,21)22/h1-8H,9-10,12H2,(H2,19,21,22). The van der Waals surface area contributed by atoms with Crippen LogP contribution in [-0.2, 0) is 19.6 Å². The van der Waals surface area contributed by atoms with E-state index >= 15 is 0 Å². The van der Waals surface area contributed by atoms with E-state index in [1.165, 1.54) is 24.3 Å². The molecule has 0 amide bonds. The van der Waals surface area contributed by atoms with Crippen LogP contribution in [0, 0.1) is 11.3 Å². The maximum absolute atomic E-state index is 11.6. The Morgan fingerprint density at radius 3 is 2.12 bits per heavy atom. The molecule has 8 nitrogen and oxygen atoms in total. The molecule has 0 aromatic heterocycles. The van der Waals surface area contributed by atoms with Gasteiger partial charge in [-0.2, -0.15) is 5.26 Å². The van der Waals surface area contributed by atoms with Crippen LogP contribution in [0.2, 0.25) is 0 Å². The number of carbonyl (C=O) groups is 1. The molecule has 0 fully saturated rings. The fourth-order valence-electron chi connectivity index (χ4n) is 1.85. The van der Waals surface area contributed by atoms with Gasteiger partial charge in [0.2, 0.25) is 10.0 Å². The molecule has 0 unspecified atom stereocenters. The summed E-state index contributed by atoms with van der Waals surface area (Å²) in [6.45, 7) is -0.168. The Morgan fingerprint density at radius 1 is 0.962 bits per heavy atom. The average Bonchev–Trinajstić information content (AvgIpc) is 2.63. The van der Waals surface area contributed by atoms with Gasteiger partial charge in [-0.15, -0.1) is 0 Å². The number of sulfonamides is 1. The van der Waals surface area contributed by atoms with E-state index < -0.39 is 16.0 Å². The lowest BCUT2D eigenvalue weighted by molar-refractivity contribution is -0.146. The van der Waals surface area contributed by atoms with Crippen LogP contribution in [0.4, 0.5) is 0 Å². The first kappa shape index (κ1) is 19.2. The number of rotatable bonds is 8. The van der Waals surface area contributed by atoms with E-state index in [0.29, 0.717) is 17.1 Å². The lowest BCUT2D eigenvalue weighted by atomic mass is 10.2. The topological polar surface area (TPSA) is 129 Å². The molecule has 0 aliphatic heterocycles. The second kappa shape index (κ2) is 8.84. The van der Waals surface area contributed by atoms with Crippen LogP contribution in [-0.4, -0.2) is 34.2 Å². The van der Waals surface area contributed by atoms with Crippen molar-refractivity contribution in [3.05, 3.63) is 54.1 Å². The summed E-state index contributed by atoms with van der Waals surface area (Å²) in [7, 11) is -3.74. The molecule has 9 heteroatoms. The predicted octanol–water partition coefficient (Wildman–Crippen LogP) is 1.21. The molecule has 26 heavy (non-hydrogen) atoms. The molecule has 0 bridgehead atoms. The molecule has 0 radical (unpaired) electrons. The number of nitriles is 1. The SMILES string of the molecule is N#Cc1ccc(OCC(=O)OCCOc2ccc(S(N)(=O)=O)cc2)cc1. The smallest absolute Gasteiger partial charge is 0.344 e. The number of hydrogen-bond acceptors (Lipinski definition) is 7. The highest BCUT2D eigenvalue weighted by Crippen LogP contribution is 2.14. The summed E-state index contributed by atoms with van der Waals surface area (Å²) < 4.78 is 37.8. The van der Waals surface area contributed by atoms with E-state index in [9.17, 15) is 13.2 Å². The Labute approximate surface area is 150 Å². The van der Waals surface area contributed by atoms with Gasteiger partial charge in [0, 0.05) is 0 Å². The molecule has 0 aliphatic carbocycles. The van der Waals surface area contributed by atoms with Gasteiger partial charge in [-0.05, 0) is 48.5 Å². The van der Waals surface area contributed by atoms with Crippen molar-refractivity contribution in [3.63, 3.8) is 0 Å². The van der Waals surface area contributed by atoms with Gasteiger partial charge in [-0.1, -0.05) is 0 Å². The van der Waals surface area contributed by atoms with Crippen molar-refractivity contribution in [2.75, 3.05) is 19.8 Å². The summed E-state index contributed by atoms with van der Waals surface area (Å²) in [5.74, 6) is 0.303. The highest BCUT2D eigenvalue weighted by atomic mass is 32.2. The van der Waals surface area contributed by atoms with Crippen molar-refractivity contribution in [3.8, 4) is 17.6 Å². The number of hydrogen-bond donors (Lipinski definition) is 1. The van der Waals surface area contributed by atoms with Crippen molar-refractivity contribution in [1.82, 2.24) is 0 Å². The predicted molar refractivity (Wildman–Crippen MR) is 90.9 cm³/mol. The number of esters is 1. The minimum absolute atomic E-state index is 0.00645. The number of nitrogens with zero attached hydrogens (tertiary/aromatic N) is 1. The zero-order valence-electron chi connectivity index (χ0n) is 13.6. The Morgan fingerprint density at radius 2 is 1.54 bits per heavy atom. The Balaban J connectivity index is 1.67. The van der Waals surface area contributed by atoms with E-state index in [-0.39, 0.29) is 24.7 Å². The van der Waals surface area contributed by atoms with E-state index in [2.05, 4.69) is 0 Å². The quantitative estimate of drug-likeness (QED) is 0.541. The maximum atomic E-state index is 11.6. The average molecular weight is 376 g/mol. The summed E-state index contributed by atoms with van der Waals surface area (Å²) in [5.41, 5.74) is 0.495. The first-order chi connectivity index (χ1) is 12.4. The van der Waals surface area contributed by atoms with Crippen LogP contribution >= 0.6 is 0 Å². The monoisotopic (exact) mass is 376 g/mol. The van der Waals surface area contributed by atoms with Crippen LogP contribution in [0.5, 0.6) is 11.5 Å². The van der Waals surface area contributed by atoms with Gasteiger partial charge in [0.1, 0.15) is 24.7 Å². The van der Waals surface area contributed by atoms with Gasteiger partial charge in [0.25, 0.3) is 0 Å². The third kappa shape index (κ3) is 6.08. The molecule has 136 valence electrons. The van der Waals surface area contributed by atoms with Gasteiger partial charge in [-0.25, -0.2) is 18.4 Å². The van der Waals surface area contributed by atoms with Crippen LogP contribution < -0.4 is 14.6 Å². The second-order valence-electron chi connectivity index (χ2n) is 5.01. The largest absolute Gasteiger partial charge is 0.490 e. The molecule has 2 rings (SSSR count). The van der Waals surface area contributed by atoms with Crippen LogP contribution in [0.15, 0.2) is 53.4 Å². The van der Waals surface area contributed by atoms with Crippen molar-refractivity contribution >= 4 is 16.0 Å². The van der Waals surface area contributed by atoms with Crippen molar-refractivity contribution in [2.24, 2.45) is 5.14 Å². The van der Waals surface area contributed by atoms with Crippen molar-refractivity contribution < 1.29 is 27.4 Å². The number of primary sulfonamides is 1. The minimum Gasteiger partial charge on any atom is -0.490 e. The summed E-state index contributed by atoms with van der Waals surface area (Å²) in [5, 5.41) is 13.7. The molecule has 2 N–H and O–H groups in total. The highest BCUT2D eigenvalue weighted by molar-refractivity contribution is 7.89. The van der Waals surface area contributed by atoms with E-state index in [4.69, 9.17) is 24.6 Å². The lowest BCUT2D eigenvalue weighted by Gasteiger charge is -2.09. The molecule has 0 heterocycles. The van der Waals surface area contributed by atoms with Gasteiger partial charge in [0.05, 0.1) is 16.5 Å². The first-order valence-corrected chi connectivity index (χ1v) is 8.97. The van der Waals surface area contributed by atoms with E-state index in [1.54, 1.807) is 24.3 Å². The highest BCUT2D eigenvalue weighted by Gasteiger charge is 2.08. The fourth-order valence-corrected chi connectivity index (χ4v) is 2.37. The Hall–Kier alpha value is -3.09. The zero-order valence-corrected chi connectivity index (χ0v) is 14.4. The van der Waals surface area contributed by atoms with Gasteiger partial charge in [0.15, 0.2) is 6.61 Å². The second-order valence-corrected chi connectivity index (χ2v) is 6.57. The minimum atomic E-state index is -3.74. The van der Waals surface area contributed by atoms with Crippen molar-refractivity contribution in [1.29, 1.82) is 5.26 Å². The molecule has 0 aliphatic rings. The number of nitrogens with two attached hydrogens (primary N) is 1. The zero-order chi connectivity index (χ0) is 19.0. The molecular formula is C17H16N2O6S. The summed E-state index contributed by atoms with van der Waals surface area (Å²) >= 11 is 0. The van der Waals surface area contributed by atoms with Gasteiger partial charge < -0.3 is 14.2 Å². The normalized spacial score (nSPS) is 10.6. The third-order valence-electron chi connectivity index (χ3n) is 3.11. The van der Waals surface area contributed by atoms with Gasteiger partial charge >= 0.3 is 5.97 Å². The summed E-state index contributed by atoms with van der Waals surface area (Å²) in [6, 6.07) is 13.9. The first-order valence-electron chi connectivity index (χ1n) is 7.43. The Kier molecular flexibility index (Phi) is 6.54. The molecule has 0 atom stereocenters. The summed E-state index contributed by atoms with van der Waals surface area (Å²) in [6.07, 6.45) is 0. The van der Waals surface area contributed by atoms with Crippen LogP contribution in [0.25, 0.3) is 0 Å². The number of ether oxygens (including phenoxy) is 3. The lowest BCUT2D eigenvalue weighted by Crippen LogP contribution is -2.18. The van der Waals surface area contributed by atoms with E-state index in [1.807, 2.05) is 6.07 Å². The van der Waals surface area contributed by atoms with Crippen LogP contribution in [0.3, 0.4) is 0 Å². The molecule has 2 aromatic carbocycles. The maximum Gasteiger partial charge on any atom is 0.344 e. The number of benzene rings is 2. The summed E-state index contributed by atoms with van der Waals surface area (Å²) in [4.78, 5) is 11.6. The van der Waals surface area contributed by atoms with E-state index in [0.717, 1.165) is 0 Å².